The first kappa shape index (κ1) is 12.0. The van der Waals surface area contributed by atoms with Crippen molar-refractivity contribution in [2.75, 3.05) is 0 Å². The summed E-state index contributed by atoms with van der Waals surface area (Å²) in [4.78, 5) is 14.1. The van der Waals surface area contributed by atoms with Crippen LogP contribution >= 0.6 is 45.2 Å². The maximum Gasteiger partial charge on any atom is 0.354 e. The fourth-order valence-electron chi connectivity index (χ4n) is 0.798. The Morgan fingerprint density at radius 1 is 1.50 bits per heavy atom. The summed E-state index contributed by atoms with van der Waals surface area (Å²) in [7, 11) is 0. The second kappa shape index (κ2) is 4.64. The van der Waals surface area contributed by atoms with Crippen molar-refractivity contribution >= 4 is 51.2 Å². The molecular formula is C7H3F2I2NO2. The van der Waals surface area contributed by atoms with Crippen molar-refractivity contribution in [1.82, 2.24) is 4.98 Å². The van der Waals surface area contributed by atoms with Crippen LogP contribution < -0.4 is 0 Å². The molecular weight excluding hydrogens is 422 g/mol. The van der Waals surface area contributed by atoms with Crippen LogP contribution in [0, 0.1) is 7.27 Å². The number of alkyl halides is 2. The van der Waals surface area contributed by atoms with Crippen LogP contribution in [0.5, 0.6) is 0 Å². The molecule has 0 aliphatic carbocycles. The van der Waals surface area contributed by atoms with E-state index in [2.05, 4.69) is 4.98 Å². The summed E-state index contributed by atoms with van der Waals surface area (Å²) in [6.45, 7) is 0. The van der Waals surface area contributed by atoms with Crippen molar-refractivity contribution in [3.8, 4) is 0 Å². The first-order chi connectivity index (χ1) is 6.43. The van der Waals surface area contributed by atoms with Gasteiger partial charge in [-0.05, 0) is 51.2 Å². The number of hydrogen-bond acceptors (Lipinski definition) is 2. The molecule has 0 aliphatic heterocycles. The molecule has 0 bridgehead atoms. The number of halogens is 4. The third kappa shape index (κ3) is 2.49. The number of nitrogens with zero attached hydrogens (tertiary/aromatic N) is 1. The maximum absolute atomic E-state index is 12.4. The molecule has 1 rings (SSSR count). The number of carbonyl (C=O) groups is 1. The number of carboxylic acids is 1. The lowest BCUT2D eigenvalue weighted by atomic mass is 10.2. The van der Waals surface area contributed by atoms with Gasteiger partial charge in [0, 0.05) is 3.57 Å². The summed E-state index contributed by atoms with van der Waals surface area (Å²) < 4.78 is 25.1. The van der Waals surface area contributed by atoms with Crippen LogP contribution in [-0.4, -0.2) is 16.1 Å². The van der Waals surface area contributed by atoms with E-state index < -0.39 is 12.4 Å². The zero-order valence-electron chi connectivity index (χ0n) is 6.47. The summed E-state index contributed by atoms with van der Waals surface area (Å²) in [6, 6.07) is 1.13. The molecule has 0 amide bonds. The Morgan fingerprint density at radius 2 is 2.07 bits per heavy atom. The normalized spacial score (nSPS) is 10.6. The van der Waals surface area contributed by atoms with E-state index in [-0.39, 0.29) is 18.5 Å². The minimum absolute atomic E-state index is 0.0295. The zero-order valence-corrected chi connectivity index (χ0v) is 10.8. The summed E-state index contributed by atoms with van der Waals surface area (Å²) in [5.41, 5.74) is -0.431. The molecule has 0 aliphatic rings. The predicted octanol–water partition coefficient (Wildman–Crippen LogP) is 2.93. The number of aromatic carboxylic acids is 1. The number of aromatic nitrogens is 1. The summed E-state index contributed by atoms with van der Waals surface area (Å²) >= 11 is 3.27. The van der Waals surface area contributed by atoms with Crippen molar-refractivity contribution < 1.29 is 18.7 Å². The zero-order chi connectivity index (χ0) is 10.9. The average Bonchev–Trinajstić information content (AvgIpc) is 2.01. The Labute approximate surface area is 105 Å². The molecule has 0 atom stereocenters. The molecule has 0 radical (unpaired) electrons. The highest BCUT2D eigenvalue weighted by molar-refractivity contribution is 14.1. The maximum atomic E-state index is 12.4. The van der Waals surface area contributed by atoms with Crippen LogP contribution in [0.25, 0.3) is 0 Å². The van der Waals surface area contributed by atoms with Gasteiger partial charge in [-0.1, -0.05) is 0 Å². The first-order valence-electron chi connectivity index (χ1n) is 3.31. The van der Waals surface area contributed by atoms with Gasteiger partial charge in [0.05, 0.1) is 5.56 Å². The summed E-state index contributed by atoms with van der Waals surface area (Å²) in [5.74, 6) is -1.22. The van der Waals surface area contributed by atoms with Crippen LogP contribution in [0.1, 0.15) is 22.5 Å². The highest BCUT2D eigenvalue weighted by Gasteiger charge is 2.19. The average molecular weight is 425 g/mol. The standard InChI is InChI=1S/C7H3F2I2NO2/c8-5(9)4-2(10)1-3(7(13)14)12-6(4)11/h1,5H,(H,13,14). The Hall–Kier alpha value is -0.0600. The quantitative estimate of drug-likeness (QED) is 0.586. The van der Waals surface area contributed by atoms with Gasteiger partial charge in [-0.2, -0.15) is 0 Å². The Bertz CT molecular complexity index is 361. The van der Waals surface area contributed by atoms with E-state index in [1.807, 2.05) is 0 Å². The van der Waals surface area contributed by atoms with Gasteiger partial charge in [0.2, 0.25) is 0 Å². The number of pyridine rings is 1. The molecule has 7 heteroatoms. The third-order valence-corrected chi connectivity index (χ3v) is 3.11. The SMILES string of the molecule is O=C(O)c1cc(I)c(C(F)F)c(I)n1. The fourth-order valence-corrected chi connectivity index (χ4v) is 2.89. The van der Waals surface area contributed by atoms with Crippen LogP contribution in [0.3, 0.4) is 0 Å². The van der Waals surface area contributed by atoms with Gasteiger partial charge in [0.1, 0.15) is 3.70 Å². The molecule has 1 aromatic heterocycles. The second-order valence-electron chi connectivity index (χ2n) is 2.30. The molecule has 0 spiro atoms. The van der Waals surface area contributed by atoms with Crippen molar-refractivity contribution in [3.05, 3.63) is 24.6 Å². The molecule has 1 heterocycles. The molecule has 1 aromatic rings. The van der Waals surface area contributed by atoms with E-state index in [1.165, 1.54) is 0 Å². The van der Waals surface area contributed by atoms with Gasteiger partial charge in [0.15, 0.2) is 5.69 Å². The Morgan fingerprint density at radius 3 is 2.43 bits per heavy atom. The molecule has 3 nitrogen and oxygen atoms in total. The lowest BCUT2D eigenvalue weighted by Gasteiger charge is -2.06. The Balaban J connectivity index is 3.32. The largest absolute Gasteiger partial charge is 0.477 e. The fraction of sp³-hybridized carbons (Fsp3) is 0.143. The predicted molar refractivity (Wildman–Crippen MR) is 61.6 cm³/mol. The smallest absolute Gasteiger partial charge is 0.354 e. The van der Waals surface area contributed by atoms with Crippen LogP contribution in [0.15, 0.2) is 6.07 Å². The van der Waals surface area contributed by atoms with E-state index >= 15 is 0 Å². The number of hydrogen-bond donors (Lipinski definition) is 1. The highest BCUT2D eigenvalue weighted by Crippen LogP contribution is 2.28. The lowest BCUT2D eigenvalue weighted by Crippen LogP contribution is -2.06. The van der Waals surface area contributed by atoms with Gasteiger partial charge in [-0.15, -0.1) is 0 Å². The molecule has 0 unspecified atom stereocenters. The molecule has 14 heavy (non-hydrogen) atoms. The van der Waals surface area contributed by atoms with Crippen LogP contribution in [-0.2, 0) is 0 Å². The molecule has 0 saturated carbocycles. The third-order valence-electron chi connectivity index (χ3n) is 1.40. The van der Waals surface area contributed by atoms with Gasteiger partial charge >= 0.3 is 5.97 Å². The van der Waals surface area contributed by atoms with E-state index in [0.29, 0.717) is 0 Å². The van der Waals surface area contributed by atoms with Gasteiger partial charge in [-0.25, -0.2) is 18.6 Å². The van der Waals surface area contributed by atoms with Crippen molar-refractivity contribution in [2.45, 2.75) is 6.43 Å². The summed E-state index contributed by atoms with van der Waals surface area (Å²) in [6.07, 6.45) is -2.64. The van der Waals surface area contributed by atoms with E-state index in [9.17, 15) is 13.6 Å². The second-order valence-corrected chi connectivity index (χ2v) is 4.48. The minimum atomic E-state index is -2.64. The van der Waals surface area contributed by atoms with E-state index in [1.54, 1.807) is 45.2 Å². The van der Waals surface area contributed by atoms with Gasteiger partial charge < -0.3 is 5.11 Å². The molecule has 76 valence electrons. The first-order valence-corrected chi connectivity index (χ1v) is 5.46. The number of carboxylic acid groups (broad SMARTS) is 1. The molecule has 0 fully saturated rings. The monoisotopic (exact) mass is 425 g/mol. The lowest BCUT2D eigenvalue weighted by molar-refractivity contribution is 0.0689. The van der Waals surface area contributed by atoms with Crippen molar-refractivity contribution in [1.29, 1.82) is 0 Å². The highest BCUT2D eigenvalue weighted by atomic mass is 127. The molecule has 1 N–H and O–H groups in total. The molecule has 0 saturated heterocycles. The van der Waals surface area contributed by atoms with Crippen LogP contribution in [0.2, 0.25) is 0 Å². The topological polar surface area (TPSA) is 50.2 Å². The summed E-state index contributed by atoms with van der Waals surface area (Å²) in [5, 5.41) is 8.61. The Kier molecular flexibility index (Phi) is 3.98. The van der Waals surface area contributed by atoms with Crippen LogP contribution in [0.4, 0.5) is 8.78 Å². The van der Waals surface area contributed by atoms with Crippen molar-refractivity contribution in [2.24, 2.45) is 0 Å². The van der Waals surface area contributed by atoms with Crippen molar-refractivity contribution in [3.63, 3.8) is 0 Å². The van der Waals surface area contributed by atoms with Gasteiger partial charge in [0.25, 0.3) is 6.43 Å². The van der Waals surface area contributed by atoms with E-state index in [4.69, 9.17) is 5.11 Å². The molecule has 0 aromatic carbocycles. The number of rotatable bonds is 2. The minimum Gasteiger partial charge on any atom is -0.477 e. The van der Waals surface area contributed by atoms with E-state index in [0.717, 1.165) is 6.07 Å². The van der Waals surface area contributed by atoms with Gasteiger partial charge in [-0.3, -0.25) is 0 Å².